The van der Waals surface area contributed by atoms with Gasteiger partial charge in [-0.3, -0.25) is 9.69 Å². The first-order valence-corrected chi connectivity index (χ1v) is 8.87. The molecule has 6 heteroatoms. The minimum absolute atomic E-state index is 0. The van der Waals surface area contributed by atoms with E-state index >= 15 is 0 Å². The largest absolute Gasteiger partial charge is 0.484 e. The molecule has 0 saturated carbocycles. The molecule has 142 valence electrons. The van der Waals surface area contributed by atoms with Gasteiger partial charge in [0.15, 0.2) is 6.61 Å². The average molecular weight is 379 g/mol. The summed E-state index contributed by atoms with van der Waals surface area (Å²) in [6.45, 7) is 6.72. The number of hydrogen-bond donors (Lipinski definition) is 1. The third-order valence-electron chi connectivity index (χ3n) is 4.79. The fourth-order valence-electron chi connectivity index (χ4n) is 3.16. The SMILES string of the molecule is Cc1ccc(OCC(=O)NCC(c2ccco2)N2CCCC2)cc1C.Cl. The van der Waals surface area contributed by atoms with Crippen LogP contribution in [0.4, 0.5) is 0 Å². The lowest BCUT2D eigenvalue weighted by Gasteiger charge is -2.26. The summed E-state index contributed by atoms with van der Waals surface area (Å²) in [7, 11) is 0. The van der Waals surface area contributed by atoms with Crippen LogP contribution in [0.15, 0.2) is 41.0 Å². The standard InChI is InChI=1S/C20H26N2O3.ClH/c1-15-7-8-17(12-16(15)2)25-14-20(23)21-13-18(19-6-5-11-24-19)22-9-3-4-10-22;/h5-8,11-12,18H,3-4,9-10,13-14H2,1-2H3,(H,21,23);1H. The van der Waals surface area contributed by atoms with Gasteiger partial charge < -0.3 is 14.5 Å². The number of nitrogens with zero attached hydrogens (tertiary/aromatic N) is 1. The van der Waals surface area contributed by atoms with E-state index in [2.05, 4.69) is 17.1 Å². The zero-order chi connectivity index (χ0) is 17.6. The number of halogens is 1. The predicted molar refractivity (Wildman–Crippen MR) is 104 cm³/mol. The van der Waals surface area contributed by atoms with Crippen LogP contribution in [0.3, 0.4) is 0 Å². The van der Waals surface area contributed by atoms with Gasteiger partial charge in [-0.2, -0.15) is 0 Å². The predicted octanol–water partition coefficient (Wildman–Crippen LogP) is 3.65. The lowest BCUT2D eigenvalue weighted by Crippen LogP contribution is -2.38. The van der Waals surface area contributed by atoms with Gasteiger partial charge in [0.2, 0.25) is 0 Å². The molecule has 2 heterocycles. The van der Waals surface area contributed by atoms with Crippen LogP contribution in [0.5, 0.6) is 5.75 Å². The van der Waals surface area contributed by atoms with Crippen molar-refractivity contribution in [1.29, 1.82) is 0 Å². The molecule has 3 rings (SSSR count). The minimum Gasteiger partial charge on any atom is -0.484 e. The van der Waals surface area contributed by atoms with Gasteiger partial charge in [-0.1, -0.05) is 6.07 Å². The number of hydrogen-bond acceptors (Lipinski definition) is 4. The third kappa shape index (κ3) is 5.26. The van der Waals surface area contributed by atoms with E-state index in [9.17, 15) is 4.79 Å². The van der Waals surface area contributed by atoms with Gasteiger partial charge in [0.1, 0.15) is 11.5 Å². The Bertz CT molecular complexity index is 697. The van der Waals surface area contributed by atoms with Crippen molar-refractivity contribution >= 4 is 18.3 Å². The maximum Gasteiger partial charge on any atom is 0.258 e. The van der Waals surface area contributed by atoms with Crippen LogP contribution >= 0.6 is 12.4 Å². The first kappa shape index (κ1) is 20.3. The van der Waals surface area contributed by atoms with E-state index in [-0.39, 0.29) is 31.0 Å². The third-order valence-corrected chi connectivity index (χ3v) is 4.79. The van der Waals surface area contributed by atoms with Gasteiger partial charge in [-0.25, -0.2) is 0 Å². The summed E-state index contributed by atoms with van der Waals surface area (Å²) in [6, 6.07) is 9.81. The van der Waals surface area contributed by atoms with Crippen molar-refractivity contribution in [2.45, 2.75) is 32.7 Å². The molecular weight excluding hydrogens is 352 g/mol. The second-order valence-electron chi connectivity index (χ2n) is 6.61. The Balaban J connectivity index is 0.00000243. The number of benzene rings is 1. The molecule has 26 heavy (non-hydrogen) atoms. The van der Waals surface area contributed by atoms with Gasteiger partial charge >= 0.3 is 0 Å². The molecular formula is C20H27ClN2O3. The lowest BCUT2D eigenvalue weighted by molar-refractivity contribution is -0.123. The zero-order valence-corrected chi connectivity index (χ0v) is 16.2. The summed E-state index contributed by atoms with van der Waals surface area (Å²) in [5.41, 5.74) is 2.37. The van der Waals surface area contributed by atoms with Crippen LogP contribution in [0.1, 0.15) is 35.8 Å². The Morgan fingerprint density at radius 1 is 1.23 bits per heavy atom. The molecule has 0 radical (unpaired) electrons. The van der Waals surface area contributed by atoms with Crippen LogP contribution in [0.25, 0.3) is 0 Å². The average Bonchev–Trinajstić information content (AvgIpc) is 3.30. The lowest BCUT2D eigenvalue weighted by atomic mass is 10.1. The van der Waals surface area contributed by atoms with Gasteiger partial charge in [0.25, 0.3) is 5.91 Å². The Labute approximate surface area is 161 Å². The number of rotatable bonds is 7. The molecule has 1 atom stereocenters. The Kier molecular flexibility index (Phi) is 7.54. The highest BCUT2D eigenvalue weighted by atomic mass is 35.5. The van der Waals surface area contributed by atoms with Crippen LogP contribution in [0, 0.1) is 13.8 Å². The van der Waals surface area contributed by atoms with Crippen LogP contribution in [-0.2, 0) is 4.79 Å². The summed E-state index contributed by atoms with van der Waals surface area (Å²) in [4.78, 5) is 14.5. The number of ether oxygens (including phenoxy) is 1. The highest BCUT2D eigenvalue weighted by Crippen LogP contribution is 2.24. The summed E-state index contributed by atoms with van der Waals surface area (Å²) >= 11 is 0. The summed E-state index contributed by atoms with van der Waals surface area (Å²) in [5, 5.41) is 2.98. The molecule has 1 aromatic heterocycles. The summed E-state index contributed by atoms with van der Waals surface area (Å²) in [5.74, 6) is 1.51. The maximum atomic E-state index is 12.2. The Hall–Kier alpha value is -1.98. The normalized spacial score (nSPS) is 15.3. The Morgan fingerprint density at radius 3 is 2.65 bits per heavy atom. The topological polar surface area (TPSA) is 54.7 Å². The smallest absolute Gasteiger partial charge is 0.258 e. The molecule has 1 saturated heterocycles. The minimum atomic E-state index is -0.117. The maximum absolute atomic E-state index is 12.2. The van der Waals surface area contributed by atoms with E-state index in [4.69, 9.17) is 9.15 Å². The number of likely N-dealkylation sites (tertiary alicyclic amines) is 1. The van der Waals surface area contributed by atoms with E-state index in [0.29, 0.717) is 6.54 Å². The molecule has 1 unspecified atom stereocenters. The van der Waals surface area contributed by atoms with Crippen molar-refractivity contribution in [2.24, 2.45) is 0 Å². The molecule has 2 aromatic rings. The Morgan fingerprint density at radius 2 is 2.00 bits per heavy atom. The second-order valence-corrected chi connectivity index (χ2v) is 6.61. The molecule has 5 nitrogen and oxygen atoms in total. The van der Waals surface area contributed by atoms with Gasteiger partial charge in [-0.15, -0.1) is 12.4 Å². The van der Waals surface area contributed by atoms with Crippen LogP contribution in [-0.4, -0.2) is 37.0 Å². The first-order chi connectivity index (χ1) is 12.1. The number of nitrogens with one attached hydrogen (secondary N) is 1. The molecule has 1 aliphatic rings. The number of furan rings is 1. The van der Waals surface area contributed by atoms with Gasteiger partial charge in [-0.05, 0) is 75.2 Å². The summed E-state index contributed by atoms with van der Waals surface area (Å²) < 4.78 is 11.2. The monoisotopic (exact) mass is 378 g/mol. The van der Waals surface area contributed by atoms with Gasteiger partial charge in [0.05, 0.1) is 12.3 Å². The fraction of sp³-hybridized carbons (Fsp3) is 0.450. The van der Waals surface area contributed by atoms with E-state index in [1.54, 1.807) is 6.26 Å². The second kappa shape index (κ2) is 9.64. The van der Waals surface area contributed by atoms with Crippen molar-refractivity contribution in [1.82, 2.24) is 10.2 Å². The highest BCUT2D eigenvalue weighted by molar-refractivity contribution is 5.85. The molecule has 0 aliphatic carbocycles. The van der Waals surface area contributed by atoms with E-state index in [1.807, 2.05) is 37.3 Å². The van der Waals surface area contributed by atoms with Crippen molar-refractivity contribution < 1.29 is 13.9 Å². The molecule has 1 fully saturated rings. The summed E-state index contributed by atoms with van der Waals surface area (Å²) in [6.07, 6.45) is 4.07. The molecule has 1 aliphatic heterocycles. The molecule has 0 bridgehead atoms. The highest BCUT2D eigenvalue weighted by Gasteiger charge is 2.25. The zero-order valence-electron chi connectivity index (χ0n) is 15.4. The van der Waals surface area contributed by atoms with Crippen molar-refractivity contribution in [3.8, 4) is 5.75 Å². The number of amides is 1. The number of carbonyl (C=O) groups is 1. The number of carbonyl (C=O) groups excluding carboxylic acids is 1. The van der Waals surface area contributed by atoms with E-state index in [1.165, 1.54) is 18.4 Å². The fourth-order valence-corrected chi connectivity index (χ4v) is 3.16. The van der Waals surface area contributed by atoms with E-state index in [0.717, 1.165) is 30.2 Å². The van der Waals surface area contributed by atoms with Crippen molar-refractivity contribution in [3.63, 3.8) is 0 Å². The van der Waals surface area contributed by atoms with Crippen molar-refractivity contribution in [3.05, 3.63) is 53.5 Å². The van der Waals surface area contributed by atoms with Crippen LogP contribution in [0.2, 0.25) is 0 Å². The molecule has 1 N–H and O–H groups in total. The first-order valence-electron chi connectivity index (χ1n) is 8.87. The molecule has 1 aromatic carbocycles. The molecule has 1 amide bonds. The quantitative estimate of drug-likeness (QED) is 0.799. The van der Waals surface area contributed by atoms with E-state index < -0.39 is 0 Å². The van der Waals surface area contributed by atoms with Crippen LogP contribution < -0.4 is 10.1 Å². The number of aryl methyl sites for hydroxylation is 2. The van der Waals surface area contributed by atoms with Crippen molar-refractivity contribution in [2.75, 3.05) is 26.2 Å². The van der Waals surface area contributed by atoms with Gasteiger partial charge in [0, 0.05) is 6.54 Å². The molecule has 0 spiro atoms.